The molecule has 1 saturated carbocycles. The first kappa shape index (κ1) is 21.8. The van der Waals surface area contributed by atoms with E-state index in [9.17, 15) is 14.4 Å². The Kier molecular flexibility index (Phi) is 6.06. The van der Waals surface area contributed by atoms with Gasteiger partial charge in [-0.3, -0.25) is 19.4 Å². The average molecular weight is 427 g/mol. The number of piperidine rings is 1. The van der Waals surface area contributed by atoms with Crippen molar-refractivity contribution in [2.45, 2.75) is 58.7 Å². The molecule has 3 atom stereocenters. The zero-order chi connectivity index (χ0) is 22.2. The Morgan fingerprint density at radius 1 is 1.10 bits per heavy atom. The zero-order valence-electron chi connectivity index (χ0n) is 18.8. The first-order valence-electron chi connectivity index (χ1n) is 11.5. The van der Waals surface area contributed by atoms with Crippen molar-refractivity contribution in [1.82, 2.24) is 20.4 Å². The molecule has 0 aromatic heterocycles. The molecular weight excluding hydrogens is 392 g/mol. The molecule has 3 aliphatic rings. The maximum Gasteiger partial charge on any atom is 0.325 e. The Hall–Kier alpha value is -2.41. The number of rotatable bonds is 7. The summed E-state index contributed by atoms with van der Waals surface area (Å²) in [5.41, 5.74) is 1.42. The van der Waals surface area contributed by atoms with Gasteiger partial charge in [-0.2, -0.15) is 0 Å². The van der Waals surface area contributed by atoms with Crippen molar-refractivity contribution in [2.75, 3.05) is 19.6 Å². The van der Waals surface area contributed by atoms with Crippen LogP contribution in [0.1, 0.15) is 51.2 Å². The molecule has 4 rings (SSSR count). The number of carbonyl (C=O) groups is 3. The van der Waals surface area contributed by atoms with E-state index in [1.54, 1.807) is 6.92 Å². The van der Waals surface area contributed by atoms with E-state index in [4.69, 9.17) is 0 Å². The van der Waals surface area contributed by atoms with Crippen LogP contribution in [0.25, 0.3) is 0 Å². The average Bonchev–Trinajstić information content (AvgIpc) is 3.53. The molecule has 2 N–H and O–H groups in total. The third kappa shape index (κ3) is 4.92. The van der Waals surface area contributed by atoms with E-state index in [1.165, 1.54) is 12.0 Å². The summed E-state index contributed by atoms with van der Waals surface area (Å²) in [6.07, 6.45) is 3.18. The van der Waals surface area contributed by atoms with Gasteiger partial charge in [-0.25, -0.2) is 4.79 Å². The highest BCUT2D eigenvalue weighted by molar-refractivity contribution is 6.09. The molecule has 4 amide bonds. The monoisotopic (exact) mass is 426 g/mol. The molecule has 1 aromatic carbocycles. The third-order valence-electron chi connectivity index (χ3n) is 6.86. The molecule has 7 heteroatoms. The molecule has 168 valence electrons. The molecule has 1 aromatic rings. The van der Waals surface area contributed by atoms with Crippen molar-refractivity contribution >= 4 is 17.8 Å². The van der Waals surface area contributed by atoms with Gasteiger partial charge in [0.05, 0.1) is 0 Å². The molecule has 0 unspecified atom stereocenters. The maximum absolute atomic E-state index is 12.6. The number of likely N-dealkylation sites (tertiary alicyclic amines) is 1. The Morgan fingerprint density at radius 2 is 1.71 bits per heavy atom. The van der Waals surface area contributed by atoms with Crippen molar-refractivity contribution < 1.29 is 14.4 Å². The van der Waals surface area contributed by atoms with Crippen LogP contribution in [0.5, 0.6) is 0 Å². The largest absolute Gasteiger partial charge is 0.350 e. The molecule has 3 fully saturated rings. The summed E-state index contributed by atoms with van der Waals surface area (Å²) in [6, 6.07) is 7.82. The van der Waals surface area contributed by atoms with Gasteiger partial charge in [0.25, 0.3) is 5.91 Å². The second kappa shape index (κ2) is 8.61. The van der Waals surface area contributed by atoms with E-state index in [0.29, 0.717) is 6.54 Å². The van der Waals surface area contributed by atoms with Gasteiger partial charge in [-0.05, 0) is 55.1 Å². The van der Waals surface area contributed by atoms with Crippen molar-refractivity contribution in [3.63, 3.8) is 0 Å². The lowest BCUT2D eigenvalue weighted by Crippen LogP contribution is -2.46. The highest BCUT2D eigenvalue weighted by Crippen LogP contribution is 2.42. The van der Waals surface area contributed by atoms with Crippen LogP contribution in [-0.4, -0.2) is 52.8 Å². The van der Waals surface area contributed by atoms with E-state index < -0.39 is 11.6 Å². The topological polar surface area (TPSA) is 81.8 Å². The Bertz CT molecular complexity index is 841. The first-order valence-corrected chi connectivity index (χ1v) is 11.5. The van der Waals surface area contributed by atoms with E-state index in [1.807, 2.05) is 12.1 Å². The fourth-order valence-corrected chi connectivity index (χ4v) is 5.14. The number of nitrogens with one attached hydrogen (secondary N) is 2. The number of hydrogen-bond donors (Lipinski definition) is 2. The van der Waals surface area contributed by atoms with Crippen molar-refractivity contribution in [3.8, 4) is 0 Å². The van der Waals surface area contributed by atoms with E-state index in [2.05, 4.69) is 41.5 Å². The lowest BCUT2D eigenvalue weighted by atomic mass is 9.91. The summed E-state index contributed by atoms with van der Waals surface area (Å²) in [7, 11) is 0. The van der Waals surface area contributed by atoms with Crippen LogP contribution in [0.2, 0.25) is 0 Å². The van der Waals surface area contributed by atoms with Gasteiger partial charge in [0.2, 0.25) is 5.91 Å². The predicted octanol–water partition coefficient (Wildman–Crippen LogP) is 2.50. The van der Waals surface area contributed by atoms with Gasteiger partial charge in [-0.15, -0.1) is 0 Å². The van der Waals surface area contributed by atoms with E-state index in [0.717, 1.165) is 54.8 Å². The van der Waals surface area contributed by atoms with Gasteiger partial charge >= 0.3 is 6.03 Å². The predicted molar refractivity (Wildman–Crippen MR) is 118 cm³/mol. The van der Waals surface area contributed by atoms with Crippen molar-refractivity contribution in [2.24, 2.45) is 17.8 Å². The van der Waals surface area contributed by atoms with Gasteiger partial charge in [0.15, 0.2) is 0 Å². The second-order valence-corrected chi connectivity index (χ2v) is 10.0. The molecule has 2 saturated heterocycles. The summed E-state index contributed by atoms with van der Waals surface area (Å²) in [4.78, 5) is 40.7. The van der Waals surface area contributed by atoms with Crippen LogP contribution in [0.3, 0.4) is 0 Å². The number of nitrogens with zero attached hydrogens (tertiary/aromatic N) is 2. The number of carbonyl (C=O) groups excluding carboxylic acids is 3. The van der Waals surface area contributed by atoms with Crippen LogP contribution in [0, 0.1) is 17.8 Å². The Morgan fingerprint density at radius 3 is 2.32 bits per heavy atom. The number of benzene rings is 1. The molecule has 2 aliphatic heterocycles. The summed E-state index contributed by atoms with van der Waals surface area (Å²) in [5, 5.41) is 5.60. The number of hydrogen-bond acceptors (Lipinski definition) is 4. The minimum Gasteiger partial charge on any atom is -0.350 e. The standard InChI is InChI=1S/C24H34N4O3/c1-16-10-17(2)13-27(12-16)14-19-6-4-18(5-7-19)11-25-21(29)15-28-22(30)24(3,20-8-9-20)26-23(28)31/h4-7,16-17,20H,8-15H2,1-3H3,(H,25,29)(H,26,31)/t16-,17-,24-/m1/s1. The van der Waals surface area contributed by atoms with Crippen LogP contribution in [0.15, 0.2) is 24.3 Å². The number of imide groups is 1. The second-order valence-electron chi connectivity index (χ2n) is 10.0. The lowest BCUT2D eigenvalue weighted by Gasteiger charge is -2.35. The van der Waals surface area contributed by atoms with Gasteiger partial charge in [-0.1, -0.05) is 38.1 Å². The van der Waals surface area contributed by atoms with E-state index >= 15 is 0 Å². The first-order chi connectivity index (χ1) is 14.7. The molecule has 2 heterocycles. The van der Waals surface area contributed by atoms with Crippen molar-refractivity contribution in [1.29, 1.82) is 0 Å². The van der Waals surface area contributed by atoms with Crippen LogP contribution >= 0.6 is 0 Å². The van der Waals surface area contributed by atoms with Gasteiger partial charge < -0.3 is 10.6 Å². The fourth-order valence-electron chi connectivity index (χ4n) is 5.14. The van der Waals surface area contributed by atoms with Crippen LogP contribution < -0.4 is 10.6 Å². The minimum absolute atomic E-state index is 0.187. The quantitative estimate of drug-likeness (QED) is 0.657. The summed E-state index contributed by atoms with van der Waals surface area (Å²) >= 11 is 0. The minimum atomic E-state index is -0.850. The van der Waals surface area contributed by atoms with Crippen molar-refractivity contribution in [3.05, 3.63) is 35.4 Å². The van der Waals surface area contributed by atoms with Gasteiger partial charge in [0, 0.05) is 26.2 Å². The molecule has 0 spiro atoms. The smallest absolute Gasteiger partial charge is 0.325 e. The van der Waals surface area contributed by atoms with E-state index in [-0.39, 0.29) is 24.3 Å². The summed E-state index contributed by atoms with van der Waals surface area (Å²) < 4.78 is 0. The van der Waals surface area contributed by atoms with Crippen LogP contribution in [-0.2, 0) is 22.7 Å². The molecule has 31 heavy (non-hydrogen) atoms. The zero-order valence-corrected chi connectivity index (χ0v) is 18.8. The van der Waals surface area contributed by atoms with Gasteiger partial charge in [0.1, 0.15) is 12.1 Å². The molecule has 1 aliphatic carbocycles. The lowest BCUT2D eigenvalue weighted by molar-refractivity contribution is -0.135. The Balaban J connectivity index is 1.25. The fraction of sp³-hybridized carbons (Fsp3) is 0.625. The highest BCUT2D eigenvalue weighted by Gasteiger charge is 2.56. The molecule has 0 bridgehead atoms. The number of amides is 4. The maximum atomic E-state index is 12.6. The molecule has 7 nitrogen and oxygen atoms in total. The molecule has 0 radical (unpaired) electrons. The SMILES string of the molecule is C[C@@H]1C[C@@H](C)CN(Cc2ccc(CNC(=O)CN3C(=O)N[C@](C)(C4CC4)C3=O)cc2)C1. The Labute approximate surface area is 184 Å². The molecular formula is C24H34N4O3. The summed E-state index contributed by atoms with van der Waals surface area (Å²) in [6.45, 7) is 9.77. The number of urea groups is 1. The van der Waals surface area contributed by atoms with Crippen LogP contribution in [0.4, 0.5) is 4.79 Å². The highest BCUT2D eigenvalue weighted by atomic mass is 16.2. The summed E-state index contributed by atoms with van der Waals surface area (Å²) in [5.74, 6) is 1.05. The normalized spacial score (nSPS) is 29.2. The third-order valence-corrected chi connectivity index (χ3v) is 6.86.